The Morgan fingerprint density at radius 1 is 1.08 bits per heavy atom. The average molecular weight is 322 g/mol. The largest absolute Gasteiger partial charge is 0.394 e. The molecule has 0 aliphatic heterocycles. The highest BCUT2D eigenvalue weighted by Gasteiger charge is 2.16. The number of hydrogen-bond acceptors (Lipinski definition) is 5. The topological polar surface area (TPSA) is 112 Å². The summed E-state index contributed by atoms with van der Waals surface area (Å²) in [4.78, 5) is 26.6. The van der Waals surface area contributed by atoms with Crippen LogP contribution < -0.4 is 5.56 Å². The molecule has 4 aromatic heterocycles. The molecule has 0 fully saturated rings. The first-order valence-electron chi connectivity index (χ1n) is 7.44. The van der Waals surface area contributed by atoms with E-state index in [1.54, 1.807) is 23.0 Å². The molecule has 0 unspecified atom stereocenters. The van der Waals surface area contributed by atoms with E-state index in [-0.39, 0.29) is 18.7 Å². The van der Waals surface area contributed by atoms with Crippen molar-refractivity contribution in [2.24, 2.45) is 0 Å². The number of aliphatic hydroxyl groups is 1. The van der Waals surface area contributed by atoms with Crippen molar-refractivity contribution >= 4 is 11.0 Å². The summed E-state index contributed by atoms with van der Waals surface area (Å²) < 4.78 is 1.55. The van der Waals surface area contributed by atoms with Crippen molar-refractivity contribution in [3.63, 3.8) is 0 Å². The molecular weight excluding hydrogens is 308 g/mol. The number of aromatic amines is 2. The van der Waals surface area contributed by atoms with Crippen molar-refractivity contribution in [2.75, 3.05) is 6.61 Å². The lowest BCUT2D eigenvalue weighted by molar-refractivity contribution is 0.270. The zero-order valence-electron chi connectivity index (χ0n) is 12.6. The number of H-pyrrole nitrogens is 2. The molecule has 0 aliphatic carbocycles. The second kappa shape index (κ2) is 5.74. The molecule has 120 valence electrons. The maximum Gasteiger partial charge on any atom is 0.259 e. The van der Waals surface area contributed by atoms with Crippen molar-refractivity contribution in [1.82, 2.24) is 29.7 Å². The van der Waals surface area contributed by atoms with Gasteiger partial charge in [-0.15, -0.1) is 0 Å². The van der Waals surface area contributed by atoms with E-state index in [2.05, 4.69) is 25.0 Å². The lowest BCUT2D eigenvalue weighted by Crippen LogP contribution is -2.09. The van der Waals surface area contributed by atoms with Gasteiger partial charge in [0.2, 0.25) is 0 Å². The van der Waals surface area contributed by atoms with Crippen LogP contribution in [0.2, 0.25) is 0 Å². The van der Waals surface area contributed by atoms with Crippen molar-refractivity contribution in [2.45, 2.75) is 6.54 Å². The van der Waals surface area contributed by atoms with E-state index in [1.807, 2.05) is 24.4 Å². The Morgan fingerprint density at radius 3 is 2.83 bits per heavy atom. The summed E-state index contributed by atoms with van der Waals surface area (Å²) in [6, 6.07) is 9.07. The van der Waals surface area contributed by atoms with Gasteiger partial charge < -0.3 is 15.1 Å². The first kappa shape index (κ1) is 14.3. The molecule has 0 spiro atoms. The maximum absolute atomic E-state index is 12.0. The van der Waals surface area contributed by atoms with Crippen molar-refractivity contribution < 1.29 is 5.11 Å². The Kier molecular flexibility index (Phi) is 3.43. The van der Waals surface area contributed by atoms with Gasteiger partial charge in [-0.05, 0) is 30.3 Å². The highest BCUT2D eigenvalue weighted by molar-refractivity contribution is 5.78. The zero-order valence-corrected chi connectivity index (χ0v) is 12.6. The fraction of sp³-hybridized carbons (Fsp3) is 0.125. The molecule has 0 amide bonds. The molecule has 24 heavy (non-hydrogen) atoms. The van der Waals surface area contributed by atoms with Crippen LogP contribution in [-0.4, -0.2) is 41.4 Å². The standard InChI is InChI=1S/C16H14N6O2/c23-9-8-22-15(12-4-3-10-5-7-17-13(10)19-12)20-14(21-22)11-2-1-6-18-16(11)24/h1-7,23H,8-9H2,(H,17,19)(H,18,24). The predicted molar refractivity (Wildman–Crippen MR) is 88.3 cm³/mol. The van der Waals surface area contributed by atoms with Crippen LogP contribution in [0.3, 0.4) is 0 Å². The third-order valence-corrected chi connectivity index (χ3v) is 3.68. The Hall–Kier alpha value is -3.26. The number of rotatable bonds is 4. The number of fused-ring (bicyclic) bond motifs is 1. The number of nitrogens with one attached hydrogen (secondary N) is 2. The number of hydrogen-bond donors (Lipinski definition) is 3. The van der Waals surface area contributed by atoms with E-state index in [0.717, 1.165) is 11.0 Å². The molecule has 0 saturated heterocycles. The Bertz CT molecular complexity index is 1060. The van der Waals surface area contributed by atoms with E-state index in [9.17, 15) is 9.90 Å². The molecule has 0 saturated carbocycles. The van der Waals surface area contributed by atoms with E-state index in [0.29, 0.717) is 22.9 Å². The maximum atomic E-state index is 12.0. The second-order valence-electron chi connectivity index (χ2n) is 5.23. The van der Waals surface area contributed by atoms with E-state index >= 15 is 0 Å². The van der Waals surface area contributed by atoms with E-state index < -0.39 is 0 Å². The molecular formula is C16H14N6O2. The number of aliphatic hydroxyl groups excluding tert-OH is 1. The molecule has 0 aromatic carbocycles. The second-order valence-corrected chi connectivity index (χ2v) is 5.23. The third-order valence-electron chi connectivity index (χ3n) is 3.68. The van der Waals surface area contributed by atoms with Crippen LogP contribution in [0.1, 0.15) is 0 Å². The molecule has 4 aromatic rings. The van der Waals surface area contributed by atoms with Crippen LogP contribution in [0.25, 0.3) is 33.9 Å². The van der Waals surface area contributed by atoms with Crippen LogP contribution in [0.5, 0.6) is 0 Å². The molecule has 4 rings (SSSR count). The summed E-state index contributed by atoms with van der Waals surface area (Å²) in [5.74, 6) is 0.799. The first-order valence-corrected chi connectivity index (χ1v) is 7.44. The summed E-state index contributed by atoms with van der Waals surface area (Å²) in [6.45, 7) is 0.170. The first-order chi connectivity index (χ1) is 11.8. The normalized spacial score (nSPS) is 11.2. The monoisotopic (exact) mass is 322 g/mol. The SMILES string of the molecule is O=c1[nH]cccc1-c1nc(-c2ccc3cc[nH]c3n2)n(CCO)n1. The molecule has 0 atom stereocenters. The van der Waals surface area contributed by atoms with E-state index in [4.69, 9.17) is 0 Å². The summed E-state index contributed by atoms with van der Waals surface area (Å²) in [7, 11) is 0. The lowest BCUT2D eigenvalue weighted by Gasteiger charge is -2.03. The molecule has 8 heteroatoms. The molecule has 3 N–H and O–H groups in total. The van der Waals surface area contributed by atoms with Gasteiger partial charge in [0.25, 0.3) is 5.56 Å². The van der Waals surface area contributed by atoms with Crippen LogP contribution in [0.4, 0.5) is 0 Å². The zero-order chi connectivity index (χ0) is 16.5. The Labute approximate surface area is 135 Å². The van der Waals surface area contributed by atoms with Gasteiger partial charge >= 0.3 is 0 Å². The number of aromatic nitrogens is 6. The fourth-order valence-electron chi connectivity index (χ4n) is 2.55. The minimum Gasteiger partial charge on any atom is -0.394 e. The summed E-state index contributed by atoms with van der Waals surface area (Å²) in [5, 5.41) is 14.6. The van der Waals surface area contributed by atoms with Gasteiger partial charge in [-0.2, -0.15) is 5.10 Å². The average Bonchev–Trinajstić information content (AvgIpc) is 3.21. The van der Waals surface area contributed by atoms with Crippen LogP contribution in [-0.2, 0) is 6.54 Å². The van der Waals surface area contributed by atoms with Crippen molar-refractivity contribution in [3.05, 3.63) is 53.1 Å². The minimum atomic E-state index is -0.266. The summed E-state index contributed by atoms with van der Waals surface area (Å²) in [6.07, 6.45) is 3.37. The van der Waals surface area contributed by atoms with Crippen LogP contribution >= 0.6 is 0 Å². The van der Waals surface area contributed by atoms with Crippen LogP contribution in [0.15, 0.2) is 47.5 Å². The number of nitrogens with zero attached hydrogens (tertiary/aromatic N) is 4. The molecule has 8 nitrogen and oxygen atoms in total. The van der Waals surface area contributed by atoms with Crippen molar-refractivity contribution in [3.8, 4) is 22.9 Å². The van der Waals surface area contributed by atoms with Crippen molar-refractivity contribution in [1.29, 1.82) is 0 Å². The molecule has 0 aliphatic rings. The molecule has 0 radical (unpaired) electrons. The van der Waals surface area contributed by atoms with Gasteiger partial charge in [0.05, 0.1) is 18.7 Å². The summed E-state index contributed by atoms with van der Waals surface area (Å²) in [5.41, 5.74) is 1.46. The smallest absolute Gasteiger partial charge is 0.259 e. The van der Waals surface area contributed by atoms with Crippen LogP contribution in [0, 0.1) is 0 Å². The quantitative estimate of drug-likeness (QED) is 0.522. The van der Waals surface area contributed by atoms with Gasteiger partial charge in [0.1, 0.15) is 11.3 Å². The molecule has 0 bridgehead atoms. The van der Waals surface area contributed by atoms with Gasteiger partial charge in [0.15, 0.2) is 11.6 Å². The third kappa shape index (κ3) is 2.38. The number of pyridine rings is 2. The fourth-order valence-corrected chi connectivity index (χ4v) is 2.55. The molecule has 4 heterocycles. The van der Waals surface area contributed by atoms with Gasteiger partial charge in [-0.25, -0.2) is 14.6 Å². The Balaban J connectivity index is 1.87. The highest BCUT2D eigenvalue weighted by Crippen LogP contribution is 2.21. The van der Waals surface area contributed by atoms with Gasteiger partial charge in [-0.1, -0.05) is 0 Å². The predicted octanol–water partition coefficient (Wildman–Crippen LogP) is 1.17. The Morgan fingerprint density at radius 2 is 2.00 bits per heavy atom. The summed E-state index contributed by atoms with van der Waals surface area (Å²) >= 11 is 0. The van der Waals surface area contributed by atoms with Gasteiger partial charge in [0, 0.05) is 17.8 Å². The highest BCUT2D eigenvalue weighted by atomic mass is 16.3. The van der Waals surface area contributed by atoms with E-state index in [1.165, 1.54) is 0 Å². The lowest BCUT2D eigenvalue weighted by atomic mass is 10.2. The minimum absolute atomic E-state index is 0.0916. The van der Waals surface area contributed by atoms with Gasteiger partial charge in [-0.3, -0.25) is 4.79 Å².